The Kier molecular flexibility index (Phi) is 54.6. The van der Waals surface area contributed by atoms with Gasteiger partial charge in [0.25, 0.3) is 45.3 Å². The fourth-order valence-electron chi connectivity index (χ4n) is 12.4. The Bertz CT molecular complexity index is 3800. The molecular weight excluding hydrogens is 1650 g/mol. The zero-order valence-corrected chi connectivity index (χ0v) is 72.2. The van der Waals surface area contributed by atoms with Crippen LogP contribution in [0.3, 0.4) is 0 Å². The second-order valence-electron chi connectivity index (χ2n) is 29.1. The summed E-state index contributed by atoms with van der Waals surface area (Å²) >= 11 is 24.4. The second-order valence-corrected chi connectivity index (χ2v) is 30.8. The lowest BCUT2D eigenvalue weighted by Crippen LogP contribution is -2.27. The van der Waals surface area contributed by atoms with Gasteiger partial charge in [-0.25, -0.2) is 37.5 Å². The molecule has 34 heteroatoms. The highest BCUT2D eigenvalue weighted by Crippen LogP contribution is 2.35. The van der Waals surface area contributed by atoms with E-state index in [9.17, 15) is 17.6 Å². The van der Waals surface area contributed by atoms with Crippen LogP contribution in [0, 0.1) is 46.9 Å². The Hall–Kier alpha value is -10.3. The maximum absolute atomic E-state index is 13.2. The first-order valence-electron chi connectivity index (χ1n) is 39.2. The molecule has 4 aromatic heterocycles. The van der Waals surface area contributed by atoms with Gasteiger partial charge in [-0.3, -0.25) is 33.6 Å². The van der Waals surface area contributed by atoms with Crippen molar-refractivity contribution in [3.8, 4) is 0 Å². The molecular formula is C87H114Cl4F4N12O14. The van der Waals surface area contributed by atoms with Gasteiger partial charge in [-0.05, 0) is 266 Å². The number of hydrogen-bond acceptors (Lipinski definition) is 19. The number of carboxylic acid groups (broad SMARTS) is 7. The van der Waals surface area contributed by atoms with Crippen LogP contribution in [0.2, 0.25) is 20.1 Å². The third-order valence-corrected chi connectivity index (χ3v) is 20.5. The van der Waals surface area contributed by atoms with Crippen molar-refractivity contribution in [1.82, 2.24) is 41.2 Å². The number of nitrogens with one attached hydrogen (secondary N) is 8. The van der Waals surface area contributed by atoms with Crippen molar-refractivity contribution in [2.75, 3.05) is 47.4 Å². The zero-order valence-electron chi connectivity index (χ0n) is 69.2. The van der Waals surface area contributed by atoms with Crippen LogP contribution >= 0.6 is 46.4 Å². The quantitative estimate of drug-likeness (QED) is 0.0160. The standard InChI is InChI=1S/4C20H25ClFN3.7CH2O2/c4*1-13(2)17-9-20(25-19-7-6-16(22)8-18(19)21)24-12-15(17)11-23-10-14-4-3-5-14;7*2-1-3/h4*6-9,12-14,23H,3-5,10-11H2,1-2H3,(H,24,25);7*1H,(H,2,3). The fourth-order valence-corrected chi connectivity index (χ4v) is 13.2. The first-order chi connectivity index (χ1) is 58.0. The van der Waals surface area contributed by atoms with E-state index in [0.29, 0.717) is 66.5 Å². The van der Waals surface area contributed by atoms with Crippen LogP contribution in [0.4, 0.5) is 63.6 Å². The maximum atomic E-state index is 13.2. The molecule has 4 aliphatic rings. The van der Waals surface area contributed by atoms with Crippen LogP contribution in [0.15, 0.2) is 122 Å². The van der Waals surface area contributed by atoms with E-state index in [1.54, 1.807) is 24.3 Å². The monoisotopic (exact) mass is 1770 g/mol. The molecule has 4 fully saturated rings. The van der Waals surface area contributed by atoms with Crippen molar-refractivity contribution in [2.24, 2.45) is 23.7 Å². The average molecular weight is 1770 g/mol. The van der Waals surface area contributed by atoms with Crippen LogP contribution in [0.5, 0.6) is 0 Å². The predicted molar refractivity (Wildman–Crippen MR) is 469 cm³/mol. The average Bonchev–Trinajstić information content (AvgIpc) is 0.841. The van der Waals surface area contributed by atoms with Gasteiger partial charge in [-0.15, -0.1) is 0 Å². The molecule has 662 valence electrons. The van der Waals surface area contributed by atoms with E-state index >= 15 is 0 Å². The summed E-state index contributed by atoms with van der Waals surface area (Å²) in [6.07, 6.45) is 24.0. The van der Waals surface area contributed by atoms with Crippen LogP contribution in [0.25, 0.3) is 0 Å². The number of rotatable bonds is 28. The number of halogens is 8. The summed E-state index contributed by atoms with van der Waals surface area (Å²) in [5, 5.41) is 76.6. The van der Waals surface area contributed by atoms with Gasteiger partial charge < -0.3 is 78.3 Å². The summed E-state index contributed by atoms with van der Waals surface area (Å²) < 4.78 is 52.7. The summed E-state index contributed by atoms with van der Waals surface area (Å²) in [6, 6.07) is 25.5. The van der Waals surface area contributed by atoms with Gasteiger partial charge in [-0.1, -0.05) is 127 Å². The Morgan fingerprint density at radius 2 is 0.479 bits per heavy atom. The third kappa shape index (κ3) is 42.2. The molecule has 121 heavy (non-hydrogen) atoms. The molecule has 4 aromatic carbocycles. The summed E-state index contributed by atoms with van der Waals surface area (Å²) in [7, 11) is 0. The Balaban J connectivity index is 0.000000506. The zero-order chi connectivity index (χ0) is 90.2. The topological polar surface area (TPSA) is 409 Å². The van der Waals surface area contributed by atoms with E-state index in [-0.39, 0.29) is 68.6 Å². The lowest BCUT2D eigenvalue weighted by atomic mass is 9.85. The highest BCUT2D eigenvalue weighted by Gasteiger charge is 2.22. The summed E-state index contributed by atoms with van der Waals surface area (Å²) in [4.78, 5) is 76.6. The molecule has 0 radical (unpaired) electrons. The smallest absolute Gasteiger partial charge is 0.290 e. The Labute approximate surface area is 724 Å². The normalized spacial score (nSPS) is 12.8. The van der Waals surface area contributed by atoms with Gasteiger partial charge in [0, 0.05) is 51.0 Å². The molecule has 0 saturated heterocycles. The number of nitrogens with zero attached hydrogens (tertiary/aromatic N) is 4. The molecule has 4 saturated carbocycles. The van der Waals surface area contributed by atoms with Crippen LogP contribution in [0.1, 0.15) is 201 Å². The molecule has 0 bridgehead atoms. The SMILES string of the molecule is CC(C)c1cc(Nc2ccc(F)cc2Cl)ncc1CNCC1CCC1.CC(C)c1cc(Nc2ccc(F)cc2Cl)ncc1CNCC1CCC1.CC(C)c1cc(Nc2ccc(F)cc2Cl)ncc1CNCC1CCC1.CC(C)c1cc(Nc2ccc(F)cc2Cl)ncc1CNCC1CCC1.O=CO.O=CO.O=CO.O=CO.O=CO.O=CO.O=CO. The number of anilines is 8. The number of benzene rings is 4. The number of hydrogen-bond donors (Lipinski definition) is 15. The molecule has 0 unspecified atom stereocenters. The molecule has 8 aromatic rings. The molecule has 0 amide bonds. The van der Waals surface area contributed by atoms with E-state index in [4.69, 9.17) is 116 Å². The van der Waals surface area contributed by atoms with Crippen molar-refractivity contribution in [1.29, 1.82) is 0 Å². The minimum absolute atomic E-state index is 0.250. The van der Waals surface area contributed by atoms with E-state index in [2.05, 4.69) is 142 Å². The summed E-state index contributed by atoms with van der Waals surface area (Å²) in [5.74, 6) is 6.46. The number of carbonyl (C=O) groups is 7. The third-order valence-electron chi connectivity index (χ3n) is 19.2. The van der Waals surface area contributed by atoms with E-state index in [1.165, 1.54) is 170 Å². The molecule has 0 aliphatic heterocycles. The first-order valence-corrected chi connectivity index (χ1v) is 40.7. The minimum atomic E-state index is -0.348. The molecule has 26 nitrogen and oxygen atoms in total. The summed E-state index contributed by atoms with van der Waals surface area (Å²) in [6.45, 7) is 23.4. The second kappa shape index (κ2) is 61.9. The molecule has 12 rings (SSSR count). The van der Waals surface area contributed by atoms with Gasteiger partial charge in [0.15, 0.2) is 0 Å². The van der Waals surface area contributed by atoms with E-state index in [1.807, 2.05) is 24.8 Å². The Morgan fingerprint density at radius 1 is 0.314 bits per heavy atom. The maximum Gasteiger partial charge on any atom is 0.290 e. The Morgan fingerprint density at radius 3 is 0.612 bits per heavy atom. The van der Waals surface area contributed by atoms with Crippen LogP contribution < -0.4 is 42.5 Å². The number of aromatic nitrogens is 4. The van der Waals surface area contributed by atoms with Gasteiger partial charge in [0.1, 0.15) is 46.5 Å². The molecule has 4 aliphatic carbocycles. The number of pyridine rings is 4. The van der Waals surface area contributed by atoms with Crippen molar-refractivity contribution < 1.29 is 86.9 Å². The molecule has 0 atom stereocenters. The first kappa shape index (κ1) is 107. The lowest BCUT2D eigenvalue weighted by molar-refractivity contribution is -0.123. The van der Waals surface area contributed by atoms with Crippen LogP contribution in [-0.2, 0) is 59.7 Å². The molecule has 15 N–H and O–H groups in total. The van der Waals surface area contributed by atoms with E-state index < -0.39 is 0 Å². The van der Waals surface area contributed by atoms with Crippen molar-refractivity contribution in [3.63, 3.8) is 0 Å². The van der Waals surface area contributed by atoms with Gasteiger partial charge >= 0.3 is 0 Å². The highest BCUT2D eigenvalue weighted by atomic mass is 35.5. The van der Waals surface area contributed by atoms with Gasteiger partial charge in [-0.2, -0.15) is 0 Å². The van der Waals surface area contributed by atoms with Gasteiger partial charge in [0.05, 0.1) is 42.8 Å². The molecule has 4 heterocycles. The predicted octanol–water partition coefficient (Wildman–Crippen LogP) is 20.4. The van der Waals surface area contributed by atoms with Crippen LogP contribution in [-0.4, -0.2) is 127 Å². The minimum Gasteiger partial charge on any atom is -0.483 e. The van der Waals surface area contributed by atoms with Crippen molar-refractivity contribution in [2.45, 2.75) is 182 Å². The molecule has 0 spiro atoms. The van der Waals surface area contributed by atoms with Crippen molar-refractivity contribution in [3.05, 3.63) is 210 Å². The summed E-state index contributed by atoms with van der Waals surface area (Å²) in [5.41, 5.74) is 12.6. The largest absolute Gasteiger partial charge is 0.483 e. The fraction of sp³-hybridized carbons (Fsp3) is 0.414. The van der Waals surface area contributed by atoms with Crippen molar-refractivity contribution >= 4 is 138 Å². The highest BCUT2D eigenvalue weighted by molar-refractivity contribution is 6.34. The van der Waals surface area contributed by atoms with E-state index in [0.717, 1.165) is 99.3 Å². The van der Waals surface area contributed by atoms with Gasteiger partial charge in [0.2, 0.25) is 0 Å². The lowest BCUT2D eigenvalue weighted by Gasteiger charge is -2.26.